The number of H-pyrrole nitrogens is 1. The summed E-state index contributed by atoms with van der Waals surface area (Å²) in [6, 6.07) is 9.87. The van der Waals surface area contributed by atoms with Gasteiger partial charge < -0.3 is 9.51 Å². The fourth-order valence-electron chi connectivity index (χ4n) is 2.16. The van der Waals surface area contributed by atoms with Crippen LogP contribution in [0.25, 0.3) is 33.9 Å². The van der Waals surface area contributed by atoms with Crippen LogP contribution in [-0.4, -0.2) is 20.1 Å². The first kappa shape index (κ1) is 13.0. The molecule has 0 atom stereocenters. The Morgan fingerprint density at radius 1 is 1.09 bits per heavy atom. The largest absolute Gasteiger partial charge is 0.345 e. The van der Waals surface area contributed by atoms with E-state index in [0.717, 1.165) is 16.6 Å². The topological polar surface area (TPSA) is 67.6 Å². The molecule has 0 amide bonds. The van der Waals surface area contributed by atoms with E-state index in [4.69, 9.17) is 16.1 Å². The molecule has 2 heterocycles. The van der Waals surface area contributed by atoms with Gasteiger partial charge in [-0.15, -0.1) is 0 Å². The Bertz CT molecular complexity index is 979. The highest BCUT2D eigenvalue weighted by atomic mass is 35.5. The highest BCUT2D eigenvalue weighted by Gasteiger charge is 2.13. The first-order valence-electron chi connectivity index (χ1n) is 6.43. The quantitative estimate of drug-likeness (QED) is 0.605. The van der Waals surface area contributed by atoms with Gasteiger partial charge >= 0.3 is 0 Å². The summed E-state index contributed by atoms with van der Waals surface area (Å²) in [5.74, 6) is 0.216. The van der Waals surface area contributed by atoms with Crippen LogP contribution in [0.2, 0.25) is 5.02 Å². The number of nitrogens with one attached hydrogen (secondary N) is 1. The molecule has 0 spiro atoms. The molecule has 22 heavy (non-hydrogen) atoms. The maximum Gasteiger partial charge on any atom is 0.258 e. The third-order valence-corrected chi connectivity index (χ3v) is 3.56. The predicted molar refractivity (Wildman–Crippen MR) is 79.8 cm³/mol. The van der Waals surface area contributed by atoms with E-state index in [-0.39, 0.29) is 10.9 Å². The van der Waals surface area contributed by atoms with Crippen LogP contribution >= 0.6 is 11.6 Å². The average Bonchev–Trinajstić information content (AvgIpc) is 3.17. The number of aromatic amines is 1. The van der Waals surface area contributed by atoms with E-state index < -0.39 is 5.82 Å². The van der Waals surface area contributed by atoms with Gasteiger partial charge in [0.05, 0.1) is 22.4 Å². The maximum absolute atomic E-state index is 13.2. The van der Waals surface area contributed by atoms with Crippen LogP contribution in [0.3, 0.4) is 0 Å². The molecule has 2 aromatic carbocycles. The van der Waals surface area contributed by atoms with Crippen molar-refractivity contribution in [3.05, 3.63) is 53.6 Å². The minimum Gasteiger partial charge on any atom is -0.345 e. The van der Waals surface area contributed by atoms with Gasteiger partial charge in [0.25, 0.3) is 5.89 Å². The Hall–Kier alpha value is -2.73. The fraction of sp³-hybridized carbons (Fsp3) is 0. The number of rotatable bonds is 2. The molecule has 4 rings (SSSR count). The minimum atomic E-state index is -0.492. The number of fused-ring (bicyclic) bond motifs is 1. The van der Waals surface area contributed by atoms with Gasteiger partial charge in [-0.3, -0.25) is 0 Å². The van der Waals surface area contributed by atoms with Crippen molar-refractivity contribution in [2.75, 3.05) is 0 Å². The molecule has 1 N–H and O–H groups in total. The molecule has 0 bridgehead atoms. The molecule has 0 unspecified atom stereocenters. The lowest BCUT2D eigenvalue weighted by Gasteiger charge is -1.96. The summed E-state index contributed by atoms with van der Waals surface area (Å²) < 4.78 is 18.4. The molecule has 0 aliphatic carbocycles. The smallest absolute Gasteiger partial charge is 0.258 e. The fourth-order valence-corrected chi connectivity index (χ4v) is 2.34. The van der Waals surface area contributed by atoms with Gasteiger partial charge in [0, 0.05) is 11.1 Å². The number of halogens is 2. The van der Waals surface area contributed by atoms with Crippen LogP contribution in [0.1, 0.15) is 0 Å². The van der Waals surface area contributed by atoms with Crippen LogP contribution in [0.4, 0.5) is 4.39 Å². The summed E-state index contributed by atoms with van der Waals surface area (Å²) in [6.45, 7) is 0. The summed E-state index contributed by atoms with van der Waals surface area (Å²) >= 11 is 5.76. The van der Waals surface area contributed by atoms with Crippen LogP contribution in [0.5, 0.6) is 0 Å². The van der Waals surface area contributed by atoms with E-state index in [2.05, 4.69) is 20.1 Å². The lowest BCUT2D eigenvalue weighted by Crippen LogP contribution is -1.83. The molecule has 7 heteroatoms. The molecule has 0 fully saturated rings. The van der Waals surface area contributed by atoms with Gasteiger partial charge in [-0.05, 0) is 36.4 Å². The highest BCUT2D eigenvalue weighted by Crippen LogP contribution is 2.26. The zero-order valence-electron chi connectivity index (χ0n) is 11.0. The Morgan fingerprint density at radius 2 is 1.95 bits per heavy atom. The maximum atomic E-state index is 13.2. The third-order valence-electron chi connectivity index (χ3n) is 3.27. The lowest BCUT2D eigenvalue weighted by atomic mass is 10.2. The lowest BCUT2D eigenvalue weighted by molar-refractivity contribution is 0.432. The molecular weight excluding hydrogens is 307 g/mol. The first-order valence-corrected chi connectivity index (χ1v) is 6.81. The Morgan fingerprint density at radius 3 is 2.82 bits per heavy atom. The predicted octanol–water partition coefficient (Wildman–Crippen LogP) is 4.07. The molecular formula is C15H8ClFN4O. The summed E-state index contributed by atoms with van der Waals surface area (Å²) in [7, 11) is 0. The molecule has 2 aromatic heterocycles. The number of nitrogens with zero attached hydrogens (tertiary/aromatic N) is 3. The van der Waals surface area contributed by atoms with E-state index in [1.165, 1.54) is 18.2 Å². The van der Waals surface area contributed by atoms with Gasteiger partial charge in [-0.25, -0.2) is 9.37 Å². The van der Waals surface area contributed by atoms with E-state index >= 15 is 0 Å². The van der Waals surface area contributed by atoms with E-state index in [9.17, 15) is 4.39 Å². The van der Waals surface area contributed by atoms with Gasteiger partial charge in [-0.1, -0.05) is 16.8 Å². The van der Waals surface area contributed by atoms with Crippen molar-refractivity contribution in [1.29, 1.82) is 0 Å². The van der Waals surface area contributed by atoms with Crippen molar-refractivity contribution in [1.82, 2.24) is 20.1 Å². The van der Waals surface area contributed by atoms with Crippen LogP contribution in [0, 0.1) is 5.82 Å². The van der Waals surface area contributed by atoms with Crippen molar-refractivity contribution >= 4 is 22.6 Å². The van der Waals surface area contributed by atoms with Gasteiger partial charge in [0.15, 0.2) is 0 Å². The molecule has 108 valence electrons. The summed E-state index contributed by atoms with van der Waals surface area (Å²) in [5, 5.41) is 3.95. The van der Waals surface area contributed by atoms with Crippen LogP contribution in [-0.2, 0) is 0 Å². The Kier molecular flexibility index (Phi) is 2.90. The number of hydrogen-bond acceptors (Lipinski definition) is 4. The van der Waals surface area contributed by atoms with Crippen LogP contribution < -0.4 is 0 Å². The summed E-state index contributed by atoms with van der Waals surface area (Å²) in [4.78, 5) is 11.5. The standard InChI is InChI=1S/C15H8ClFN4O/c16-10-5-9(1-3-11(10)17)15-20-14(21-22-15)8-2-4-12-13(6-8)19-7-18-12/h1-7H,(H,18,19). The monoisotopic (exact) mass is 314 g/mol. The van der Waals surface area contributed by atoms with E-state index in [1.807, 2.05) is 18.2 Å². The van der Waals surface area contributed by atoms with Crippen molar-refractivity contribution in [3.8, 4) is 22.8 Å². The second-order valence-electron chi connectivity index (χ2n) is 4.69. The first-order chi connectivity index (χ1) is 10.7. The molecule has 0 aliphatic rings. The zero-order valence-corrected chi connectivity index (χ0v) is 11.8. The Labute approximate surface area is 128 Å². The van der Waals surface area contributed by atoms with Gasteiger partial charge in [0.2, 0.25) is 5.82 Å². The van der Waals surface area contributed by atoms with E-state index in [0.29, 0.717) is 11.4 Å². The average molecular weight is 315 g/mol. The Balaban J connectivity index is 1.75. The molecule has 0 radical (unpaired) electrons. The second-order valence-corrected chi connectivity index (χ2v) is 5.09. The highest BCUT2D eigenvalue weighted by molar-refractivity contribution is 6.31. The molecule has 0 aliphatic heterocycles. The third kappa shape index (κ3) is 2.14. The number of hydrogen-bond donors (Lipinski definition) is 1. The molecule has 4 aromatic rings. The SMILES string of the molecule is Fc1ccc(-c2nc(-c3ccc4[nH]cnc4c3)no2)cc1Cl. The van der Waals surface area contributed by atoms with E-state index in [1.54, 1.807) is 6.33 Å². The normalized spacial score (nSPS) is 11.2. The number of imidazole rings is 1. The minimum absolute atomic E-state index is 0.00944. The van der Waals surface area contributed by atoms with Gasteiger partial charge in [0.1, 0.15) is 5.82 Å². The molecule has 5 nitrogen and oxygen atoms in total. The number of benzene rings is 2. The summed E-state index contributed by atoms with van der Waals surface area (Å²) in [5.41, 5.74) is 3.08. The van der Waals surface area contributed by atoms with Gasteiger partial charge in [-0.2, -0.15) is 4.98 Å². The van der Waals surface area contributed by atoms with Crippen LogP contribution in [0.15, 0.2) is 47.2 Å². The van der Waals surface area contributed by atoms with Crippen molar-refractivity contribution in [2.24, 2.45) is 0 Å². The van der Waals surface area contributed by atoms with Crippen molar-refractivity contribution in [3.63, 3.8) is 0 Å². The second kappa shape index (κ2) is 4.92. The van der Waals surface area contributed by atoms with Crippen molar-refractivity contribution in [2.45, 2.75) is 0 Å². The molecule has 0 saturated heterocycles. The molecule has 0 saturated carbocycles. The zero-order chi connectivity index (χ0) is 15.1. The number of aromatic nitrogens is 4. The van der Waals surface area contributed by atoms with Crippen molar-refractivity contribution < 1.29 is 8.91 Å². The summed E-state index contributed by atoms with van der Waals surface area (Å²) in [6.07, 6.45) is 1.62.